The number of ether oxygens (including phenoxy) is 1. The maximum Gasteiger partial charge on any atom is 0.134 e. The first kappa shape index (κ1) is 11.5. The van der Waals surface area contributed by atoms with Crippen LogP contribution < -0.4 is 5.32 Å². The molecule has 0 aliphatic heterocycles. The van der Waals surface area contributed by atoms with Gasteiger partial charge in [-0.25, -0.2) is 9.97 Å². The second kappa shape index (κ2) is 4.89. The molecule has 0 unspecified atom stereocenters. The summed E-state index contributed by atoms with van der Waals surface area (Å²) in [6.45, 7) is 4.60. The lowest BCUT2D eigenvalue weighted by Crippen LogP contribution is -2.20. The summed E-state index contributed by atoms with van der Waals surface area (Å²) in [5.41, 5.74) is 1.32. The zero-order chi connectivity index (χ0) is 11.4. The van der Waals surface area contributed by atoms with Crippen LogP contribution in [0, 0.1) is 0 Å². The van der Waals surface area contributed by atoms with E-state index >= 15 is 0 Å². The van der Waals surface area contributed by atoms with Gasteiger partial charge in [0, 0.05) is 31.8 Å². The molecule has 0 spiro atoms. The van der Waals surface area contributed by atoms with Gasteiger partial charge in [0.25, 0.3) is 0 Å². The zero-order valence-corrected chi connectivity index (χ0v) is 9.99. The summed E-state index contributed by atoms with van der Waals surface area (Å²) in [7, 11) is 1.71. The van der Waals surface area contributed by atoms with Crippen molar-refractivity contribution in [3.63, 3.8) is 0 Å². The molecule has 4 heteroatoms. The Hall–Kier alpha value is -1.00. The molecule has 0 atom stereocenters. The van der Waals surface area contributed by atoms with Crippen molar-refractivity contribution in [1.82, 2.24) is 15.3 Å². The number of nitrogens with one attached hydrogen (secondary N) is 1. The molecule has 4 nitrogen and oxygen atoms in total. The summed E-state index contributed by atoms with van der Waals surface area (Å²) in [6, 6.07) is 1.97. The molecule has 0 saturated heterocycles. The van der Waals surface area contributed by atoms with Crippen LogP contribution >= 0.6 is 0 Å². The highest BCUT2D eigenvalue weighted by Gasteiger charge is 2.41. The Morgan fingerprint density at radius 2 is 2.31 bits per heavy atom. The van der Waals surface area contributed by atoms with Crippen LogP contribution in [-0.2, 0) is 16.7 Å². The minimum atomic E-state index is 0.253. The van der Waals surface area contributed by atoms with Gasteiger partial charge in [0.1, 0.15) is 5.82 Å². The predicted octanol–water partition coefficient (Wildman–Crippen LogP) is 1.26. The lowest BCUT2D eigenvalue weighted by atomic mass is 10.1. The first-order valence-electron chi connectivity index (χ1n) is 5.77. The van der Waals surface area contributed by atoms with Gasteiger partial charge in [-0.05, 0) is 18.9 Å². The second-order valence-electron chi connectivity index (χ2n) is 4.60. The summed E-state index contributed by atoms with van der Waals surface area (Å²) in [6.07, 6.45) is 4.29. The standard InChI is InChI=1S/C12H19N3O/c1-12(4-5-12)11-14-6-3-10(15-11)9-13-7-8-16-2/h3,6,13H,4-5,7-9H2,1-2H3. The molecule has 16 heavy (non-hydrogen) atoms. The van der Waals surface area contributed by atoms with Crippen molar-refractivity contribution in [3.05, 3.63) is 23.8 Å². The van der Waals surface area contributed by atoms with E-state index in [1.807, 2.05) is 12.3 Å². The van der Waals surface area contributed by atoms with Gasteiger partial charge in [0.15, 0.2) is 0 Å². The predicted molar refractivity (Wildman–Crippen MR) is 62.2 cm³/mol. The third kappa shape index (κ3) is 2.77. The molecule has 1 aromatic heterocycles. The second-order valence-corrected chi connectivity index (χ2v) is 4.60. The molecular formula is C12H19N3O. The highest BCUT2D eigenvalue weighted by atomic mass is 16.5. The van der Waals surface area contributed by atoms with Crippen LogP contribution in [0.3, 0.4) is 0 Å². The highest BCUT2D eigenvalue weighted by molar-refractivity contribution is 5.17. The SMILES string of the molecule is COCCNCc1ccnc(C2(C)CC2)n1. The molecule has 1 aliphatic carbocycles. The van der Waals surface area contributed by atoms with Crippen LogP contribution in [-0.4, -0.2) is 30.2 Å². The van der Waals surface area contributed by atoms with Crippen molar-refractivity contribution in [2.24, 2.45) is 0 Å². The van der Waals surface area contributed by atoms with E-state index in [-0.39, 0.29) is 5.41 Å². The summed E-state index contributed by atoms with van der Waals surface area (Å²) in [5, 5.41) is 3.29. The van der Waals surface area contributed by atoms with Gasteiger partial charge >= 0.3 is 0 Å². The van der Waals surface area contributed by atoms with E-state index < -0.39 is 0 Å². The van der Waals surface area contributed by atoms with Gasteiger partial charge < -0.3 is 10.1 Å². The van der Waals surface area contributed by atoms with Crippen LogP contribution in [0.1, 0.15) is 31.3 Å². The van der Waals surface area contributed by atoms with Crippen molar-refractivity contribution < 1.29 is 4.74 Å². The van der Waals surface area contributed by atoms with Crippen LogP contribution in [0.2, 0.25) is 0 Å². The average Bonchev–Trinajstić information content (AvgIpc) is 3.05. The molecule has 0 aromatic carbocycles. The number of nitrogens with zero attached hydrogens (tertiary/aromatic N) is 2. The minimum Gasteiger partial charge on any atom is -0.383 e. The molecule has 0 radical (unpaired) electrons. The Morgan fingerprint density at radius 3 is 3.00 bits per heavy atom. The largest absolute Gasteiger partial charge is 0.383 e. The van der Waals surface area contributed by atoms with Crippen molar-refractivity contribution in [3.8, 4) is 0 Å². The van der Waals surface area contributed by atoms with Crippen molar-refractivity contribution in [2.75, 3.05) is 20.3 Å². The zero-order valence-electron chi connectivity index (χ0n) is 9.99. The molecule has 1 N–H and O–H groups in total. The molecule has 1 aliphatic rings. The Labute approximate surface area is 96.4 Å². The topological polar surface area (TPSA) is 47.0 Å². The fraction of sp³-hybridized carbons (Fsp3) is 0.667. The van der Waals surface area contributed by atoms with Crippen molar-refractivity contribution >= 4 is 0 Å². The van der Waals surface area contributed by atoms with Gasteiger partial charge in [-0.1, -0.05) is 6.92 Å². The lowest BCUT2D eigenvalue weighted by molar-refractivity contribution is 0.199. The molecule has 0 amide bonds. The highest BCUT2D eigenvalue weighted by Crippen LogP contribution is 2.45. The third-order valence-electron chi connectivity index (χ3n) is 3.04. The summed E-state index contributed by atoms with van der Waals surface area (Å²) >= 11 is 0. The molecule has 1 saturated carbocycles. The van der Waals surface area contributed by atoms with Gasteiger partial charge in [-0.3, -0.25) is 0 Å². The fourth-order valence-electron chi connectivity index (χ4n) is 1.59. The van der Waals surface area contributed by atoms with Gasteiger partial charge in [-0.2, -0.15) is 0 Å². The molecule has 2 rings (SSSR count). The Bertz CT molecular complexity index is 350. The number of aromatic nitrogens is 2. The Morgan fingerprint density at radius 1 is 1.50 bits per heavy atom. The van der Waals surface area contributed by atoms with Gasteiger partial charge in [-0.15, -0.1) is 0 Å². The molecule has 1 fully saturated rings. The van der Waals surface area contributed by atoms with Gasteiger partial charge in [0.2, 0.25) is 0 Å². The molecule has 1 heterocycles. The Balaban J connectivity index is 1.89. The van der Waals surface area contributed by atoms with Crippen LogP contribution in [0.15, 0.2) is 12.3 Å². The molecular weight excluding hydrogens is 202 g/mol. The molecule has 88 valence electrons. The monoisotopic (exact) mass is 221 g/mol. The molecule has 0 bridgehead atoms. The maximum absolute atomic E-state index is 4.97. The Kier molecular flexibility index (Phi) is 3.51. The summed E-state index contributed by atoms with van der Waals surface area (Å²) in [5.74, 6) is 0.999. The van der Waals surface area contributed by atoms with E-state index in [0.29, 0.717) is 0 Å². The van der Waals surface area contributed by atoms with E-state index in [4.69, 9.17) is 4.74 Å². The van der Waals surface area contributed by atoms with Crippen LogP contribution in [0.5, 0.6) is 0 Å². The number of rotatable bonds is 6. The quantitative estimate of drug-likeness (QED) is 0.735. The van der Waals surface area contributed by atoms with Crippen LogP contribution in [0.4, 0.5) is 0 Å². The number of hydrogen-bond acceptors (Lipinski definition) is 4. The number of hydrogen-bond donors (Lipinski definition) is 1. The molecule has 1 aromatic rings. The first-order valence-corrected chi connectivity index (χ1v) is 5.77. The number of methoxy groups -OCH3 is 1. The lowest BCUT2D eigenvalue weighted by Gasteiger charge is -2.08. The van der Waals surface area contributed by atoms with E-state index in [1.54, 1.807) is 7.11 Å². The van der Waals surface area contributed by atoms with Crippen molar-refractivity contribution in [2.45, 2.75) is 31.7 Å². The van der Waals surface area contributed by atoms with Gasteiger partial charge in [0.05, 0.1) is 12.3 Å². The minimum absolute atomic E-state index is 0.253. The first-order chi connectivity index (χ1) is 7.74. The average molecular weight is 221 g/mol. The smallest absolute Gasteiger partial charge is 0.134 e. The summed E-state index contributed by atoms with van der Waals surface area (Å²) < 4.78 is 4.97. The normalized spacial score (nSPS) is 17.4. The fourth-order valence-corrected chi connectivity index (χ4v) is 1.59. The van der Waals surface area contributed by atoms with Crippen LogP contribution in [0.25, 0.3) is 0 Å². The maximum atomic E-state index is 4.97. The summed E-state index contributed by atoms with van der Waals surface area (Å²) in [4.78, 5) is 8.94. The third-order valence-corrected chi connectivity index (χ3v) is 3.04. The van der Waals surface area contributed by atoms with E-state index in [2.05, 4.69) is 22.2 Å². The van der Waals surface area contributed by atoms with E-state index in [9.17, 15) is 0 Å². The van der Waals surface area contributed by atoms with E-state index in [1.165, 1.54) is 12.8 Å². The van der Waals surface area contributed by atoms with Crippen molar-refractivity contribution in [1.29, 1.82) is 0 Å². The van der Waals surface area contributed by atoms with E-state index in [0.717, 1.165) is 31.2 Å².